The van der Waals surface area contributed by atoms with Crippen molar-refractivity contribution in [2.45, 2.75) is 45.6 Å². The molecule has 2 heteroatoms. The van der Waals surface area contributed by atoms with Gasteiger partial charge in [-0.25, -0.2) is 0 Å². The van der Waals surface area contributed by atoms with E-state index < -0.39 is 0 Å². The van der Waals surface area contributed by atoms with Crippen LogP contribution in [0.15, 0.2) is 0 Å². The van der Waals surface area contributed by atoms with E-state index in [1.54, 1.807) is 0 Å². The molecule has 1 atom stereocenters. The van der Waals surface area contributed by atoms with Gasteiger partial charge in [-0.1, -0.05) is 13.8 Å². The molecule has 2 aliphatic rings. The molecule has 1 saturated carbocycles. The van der Waals surface area contributed by atoms with Gasteiger partial charge < -0.3 is 10.6 Å². The summed E-state index contributed by atoms with van der Waals surface area (Å²) < 4.78 is 0. The minimum absolute atomic E-state index is 0.491. The molecule has 0 aromatic heterocycles. The largest absolute Gasteiger partial charge is 0.316 e. The molecule has 82 valence electrons. The quantitative estimate of drug-likeness (QED) is 0.716. The Morgan fingerprint density at radius 1 is 1.29 bits per heavy atom. The zero-order chi connectivity index (χ0) is 10.2. The van der Waals surface area contributed by atoms with Crippen LogP contribution in [-0.4, -0.2) is 25.2 Å². The Morgan fingerprint density at radius 3 is 2.43 bits per heavy atom. The van der Waals surface area contributed by atoms with Crippen LogP contribution in [0.4, 0.5) is 0 Å². The van der Waals surface area contributed by atoms with Gasteiger partial charge in [0.05, 0.1) is 0 Å². The lowest BCUT2D eigenvalue weighted by Gasteiger charge is -2.34. The van der Waals surface area contributed by atoms with Crippen LogP contribution in [0.2, 0.25) is 0 Å². The summed E-state index contributed by atoms with van der Waals surface area (Å²) in [4.78, 5) is 0. The Morgan fingerprint density at radius 2 is 2.00 bits per heavy atom. The lowest BCUT2D eigenvalue weighted by atomic mass is 9.76. The lowest BCUT2D eigenvalue weighted by molar-refractivity contribution is 0.199. The van der Waals surface area contributed by atoms with Gasteiger partial charge >= 0.3 is 0 Å². The Bertz CT molecular complexity index is 200. The van der Waals surface area contributed by atoms with Crippen LogP contribution >= 0.6 is 0 Å². The molecule has 2 N–H and O–H groups in total. The van der Waals surface area contributed by atoms with Gasteiger partial charge in [0.2, 0.25) is 0 Å². The molecule has 0 radical (unpaired) electrons. The van der Waals surface area contributed by atoms with Gasteiger partial charge in [-0.2, -0.15) is 0 Å². The highest BCUT2D eigenvalue weighted by Crippen LogP contribution is 2.38. The first-order chi connectivity index (χ1) is 6.56. The van der Waals surface area contributed by atoms with Crippen molar-refractivity contribution in [3.63, 3.8) is 0 Å². The Kier molecular flexibility index (Phi) is 2.61. The maximum Gasteiger partial charge on any atom is 0.0154 e. The summed E-state index contributed by atoms with van der Waals surface area (Å²) in [5.41, 5.74) is 1.01. The van der Waals surface area contributed by atoms with Crippen molar-refractivity contribution in [1.29, 1.82) is 0 Å². The lowest BCUT2D eigenvalue weighted by Crippen LogP contribution is -2.44. The standard InChI is InChI=1S/C12H24N2/c1-10(2)12(6-7-13-8-12)9-14-11(3)4-5-11/h10,13-14H,4-9H2,1-3H3. The summed E-state index contributed by atoms with van der Waals surface area (Å²) in [6.45, 7) is 10.7. The summed E-state index contributed by atoms with van der Waals surface area (Å²) >= 11 is 0. The van der Waals surface area contributed by atoms with E-state index >= 15 is 0 Å². The molecule has 14 heavy (non-hydrogen) atoms. The van der Waals surface area contributed by atoms with Crippen molar-refractivity contribution in [2.24, 2.45) is 11.3 Å². The third kappa shape index (κ3) is 1.96. The van der Waals surface area contributed by atoms with E-state index in [0.717, 1.165) is 5.92 Å². The van der Waals surface area contributed by atoms with Gasteiger partial charge in [-0.3, -0.25) is 0 Å². The van der Waals surface area contributed by atoms with Gasteiger partial charge in [-0.15, -0.1) is 0 Å². The molecule has 0 spiro atoms. The number of hydrogen-bond donors (Lipinski definition) is 2. The fraction of sp³-hybridized carbons (Fsp3) is 1.00. The SMILES string of the molecule is CC(C)C1(CNC2(C)CC2)CCNC1. The molecule has 2 rings (SSSR count). The summed E-state index contributed by atoms with van der Waals surface area (Å²) in [5.74, 6) is 0.785. The van der Waals surface area contributed by atoms with Crippen molar-refractivity contribution < 1.29 is 0 Å². The predicted molar refractivity (Wildman–Crippen MR) is 60.4 cm³/mol. The molecule has 1 aliphatic carbocycles. The minimum Gasteiger partial charge on any atom is -0.316 e. The third-order valence-electron chi connectivity index (χ3n) is 4.37. The van der Waals surface area contributed by atoms with Gasteiger partial charge in [0.25, 0.3) is 0 Å². The highest BCUT2D eigenvalue weighted by molar-refractivity contribution is 5.01. The van der Waals surface area contributed by atoms with E-state index in [1.165, 1.54) is 38.9 Å². The second kappa shape index (κ2) is 3.49. The van der Waals surface area contributed by atoms with Gasteiger partial charge in [0.15, 0.2) is 0 Å². The molecule has 1 heterocycles. The molecule has 0 bridgehead atoms. The maximum absolute atomic E-state index is 3.76. The van der Waals surface area contributed by atoms with E-state index in [1.807, 2.05) is 0 Å². The highest BCUT2D eigenvalue weighted by Gasteiger charge is 2.42. The molecule has 1 aliphatic heterocycles. The van der Waals surface area contributed by atoms with Crippen molar-refractivity contribution in [2.75, 3.05) is 19.6 Å². The first-order valence-electron chi connectivity index (χ1n) is 6.02. The highest BCUT2D eigenvalue weighted by atomic mass is 15.0. The number of nitrogens with one attached hydrogen (secondary N) is 2. The van der Waals surface area contributed by atoms with E-state index in [2.05, 4.69) is 31.4 Å². The Balaban J connectivity index is 1.90. The van der Waals surface area contributed by atoms with Crippen molar-refractivity contribution >= 4 is 0 Å². The topological polar surface area (TPSA) is 24.1 Å². The van der Waals surface area contributed by atoms with E-state index in [0.29, 0.717) is 11.0 Å². The zero-order valence-electron chi connectivity index (χ0n) is 9.82. The van der Waals surface area contributed by atoms with Crippen LogP contribution < -0.4 is 10.6 Å². The van der Waals surface area contributed by atoms with Crippen LogP contribution in [0.1, 0.15) is 40.0 Å². The van der Waals surface area contributed by atoms with Crippen molar-refractivity contribution in [3.05, 3.63) is 0 Å². The third-order valence-corrected chi connectivity index (χ3v) is 4.37. The molecule has 0 amide bonds. The van der Waals surface area contributed by atoms with Crippen LogP contribution in [-0.2, 0) is 0 Å². The van der Waals surface area contributed by atoms with Crippen LogP contribution in [0, 0.1) is 11.3 Å². The second-order valence-electron chi connectivity index (χ2n) is 5.86. The summed E-state index contributed by atoms with van der Waals surface area (Å²) in [7, 11) is 0. The fourth-order valence-corrected chi connectivity index (χ4v) is 2.36. The summed E-state index contributed by atoms with van der Waals surface area (Å²) in [6.07, 6.45) is 4.08. The van der Waals surface area contributed by atoms with E-state index in [9.17, 15) is 0 Å². The minimum atomic E-state index is 0.491. The number of rotatable bonds is 4. The molecule has 0 aromatic carbocycles. The normalized spacial score (nSPS) is 35.1. The van der Waals surface area contributed by atoms with E-state index in [4.69, 9.17) is 0 Å². The first-order valence-corrected chi connectivity index (χ1v) is 6.02. The van der Waals surface area contributed by atoms with Gasteiger partial charge in [0.1, 0.15) is 0 Å². The molecule has 1 saturated heterocycles. The molecule has 2 nitrogen and oxygen atoms in total. The summed E-state index contributed by atoms with van der Waals surface area (Å²) in [6, 6.07) is 0. The van der Waals surface area contributed by atoms with Crippen molar-refractivity contribution in [1.82, 2.24) is 10.6 Å². The van der Waals surface area contributed by atoms with Crippen LogP contribution in [0.25, 0.3) is 0 Å². The average molecular weight is 196 g/mol. The van der Waals surface area contributed by atoms with E-state index in [-0.39, 0.29) is 0 Å². The fourth-order valence-electron chi connectivity index (χ4n) is 2.36. The molecule has 0 aromatic rings. The molecule has 2 fully saturated rings. The van der Waals surface area contributed by atoms with Gasteiger partial charge in [-0.05, 0) is 44.1 Å². The number of hydrogen-bond acceptors (Lipinski definition) is 2. The van der Waals surface area contributed by atoms with Gasteiger partial charge in [0, 0.05) is 18.6 Å². The average Bonchev–Trinajstić information content (AvgIpc) is 2.68. The zero-order valence-corrected chi connectivity index (χ0v) is 9.82. The van der Waals surface area contributed by atoms with Crippen molar-refractivity contribution in [3.8, 4) is 0 Å². The smallest absolute Gasteiger partial charge is 0.0154 e. The molecule has 1 unspecified atom stereocenters. The van der Waals surface area contributed by atoms with Crippen LogP contribution in [0.5, 0.6) is 0 Å². The predicted octanol–water partition coefficient (Wildman–Crippen LogP) is 1.76. The first kappa shape index (κ1) is 10.4. The summed E-state index contributed by atoms with van der Waals surface area (Å²) in [5, 5.41) is 7.27. The maximum atomic E-state index is 3.76. The second-order valence-corrected chi connectivity index (χ2v) is 5.86. The molecular weight excluding hydrogens is 172 g/mol. The Hall–Kier alpha value is -0.0800. The molecular formula is C12H24N2. The van der Waals surface area contributed by atoms with Crippen LogP contribution in [0.3, 0.4) is 0 Å². The Labute approximate surface area is 87.8 Å². The monoisotopic (exact) mass is 196 g/mol.